The number of hydrogen-bond acceptors (Lipinski definition) is 3. The number of hydrogen-bond donors (Lipinski definition) is 1. The van der Waals surface area contributed by atoms with Crippen LogP contribution in [-0.2, 0) is 14.8 Å². The van der Waals surface area contributed by atoms with Crippen molar-refractivity contribution in [3.63, 3.8) is 0 Å². The van der Waals surface area contributed by atoms with E-state index in [-0.39, 0.29) is 4.90 Å². The molecular formula is C15H12BrNO3S. The quantitative estimate of drug-likeness (QED) is 0.847. The summed E-state index contributed by atoms with van der Waals surface area (Å²) >= 11 is 3.22. The molecule has 2 aromatic rings. The Morgan fingerprint density at radius 1 is 1.00 bits per heavy atom. The van der Waals surface area contributed by atoms with Gasteiger partial charge in [-0.3, -0.25) is 4.79 Å². The van der Waals surface area contributed by atoms with Gasteiger partial charge in [0.25, 0.3) is 15.9 Å². The Balaban J connectivity index is 2.08. The zero-order valence-electron chi connectivity index (χ0n) is 10.9. The molecule has 0 aliphatic carbocycles. The number of carbonyl (C=O) groups excluding carboxylic acids is 1. The van der Waals surface area contributed by atoms with E-state index in [4.69, 9.17) is 0 Å². The molecule has 0 aromatic heterocycles. The first-order valence-corrected chi connectivity index (χ1v) is 8.30. The Hall–Kier alpha value is -1.92. The third kappa shape index (κ3) is 4.54. The number of halogens is 1. The van der Waals surface area contributed by atoms with E-state index in [1.807, 2.05) is 35.1 Å². The minimum absolute atomic E-state index is 0.0344. The van der Waals surface area contributed by atoms with Crippen LogP contribution in [0.25, 0.3) is 6.08 Å². The molecule has 0 saturated heterocycles. The Bertz CT molecular complexity index is 753. The normalized spacial score (nSPS) is 11.5. The number of benzene rings is 2. The molecule has 0 saturated carbocycles. The lowest BCUT2D eigenvalue weighted by Gasteiger charge is -2.04. The Kier molecular flexibility index (Phi) is 4.93. The second-order valence-electron chi connectivity index (χ2n) is 4.17. The van der Waals surface area contributed by atoms with Gasteiger partial charge in [0.2, 0.25) is 0 Å². The summed E-state index contributed by atoms with van der Waals surface area (Å²) < 4.78 is 26.7. The minimum Gasteiger partial charge on any atom is -0.269 e. The molecule has 0 aliphatic heterocycles. The average molecular weight is 366 g/mol. The van der Waals surface area contributed by atoms with Crippen LogP contribution in [0, 0.1) is 0 Å². The first-order valence-electron chi connectivity index (χ1n) is 6.03. The van der Waals surface area contributed by atoms with Crippen molar-refractivity contribution in [1.82, 2.24) is 4.72 Å². The van der Waals surface area contributed by atoms with Crippen molar-refractivity contribution in [2.75, 3.05) is 0 Å². The molecule has 1 N–H and O–H groups in total. The Labute approximate surface area is 131 Å². The zero-order valence-corrected chi connectivity index (χ0v) is 13.3. The second kappa shape index (κ2) is 6.69. The van der Waals surface area contributed by atoms with Crippen LogP contribution in [0.2, 0.25) is 0 Å². The van der Waals surface area contributed by atoms with Gasteiger partial charge in [0.05, 0.1) is 4.90 Å². The molecule has 108 valence electrons. The van der Waals surface area contributed by atoms with Gasteiger partial charge < -0.3 is 0 Å². The van der Waals surface area contributed by atoms with Crippen LogP contribution >= 0.6 is 15.9 Å². The molecule has 1 amide bonds. The number of nitrogens with one attached hydrogen (secondary N) is 1. The van der Waals surface area contributed by atoms with Gasteiger partial charge in [0, 0.05) is 10.5 Å². The third-order valence-corrected chi connectivity index (χ3v) is 4.48. The van der Waals surface area contributed by atoms with E-state index in [1.54, 1.807) is 18.2 Å². The molecule has 2 aromatic carbocycles. The van der Waals surface area contributed by atoms with Crippen LogP contribution in [0.15, 0.2) is 70.0 Å². The van der Waals surface area contributed by atoms with E-state index in [2.05, 4.69) is 15.9 Å². The molecular weight excluding hydrogens is 354 g/mol. The summed E-state index contributed by atoms with van der Waals surface area (Å²) in [5.41, 5.74) is 0.814. The SMILES string of the molecule is O=C(/C=C/c1ccccc1)NS(=O)(=O)c1ccc(Br)cc1. The molecule has 0 atom stereocenters. The fourth-order valence-corrected chi connectivity index (χ4v) is 2.78. The van der Waals surface area contributed by atoms with Crippen LogP contribution in [-0.4, -0.2) is 14.3 Å². The highest BCUT2D eigenvalue weighted by Gasteiger charge is 2.15. The largest absolute Gasteiger partial charge is 0.269 e. The minimum atomic E-state index is -3.85. The lowest BCUT2D eigenvalue weighted by atomic mass is 10.2. The van der Waals surface area contributed by atoms with Gasteiger partial charge in [-0.25, -0.2) is 13.1 Å². The molecule has 6 heteroatoms. The Morgan fingerprint density at radius 2 is 1.62 bits per heavy atom. The van der Waals surface area contributed by atoms with Crippen LogP contribution in [0.3, 0.4) is 0 Å². The van der Waals surface area contributed by atoms with E-state index in [1.165, 1.54) is 18.2 Å². The highest BCUT2D eigenvalue weighted by atomic mass is 79.9. The van der Waals surface area contributed by atoms with E-state index in [0.717, 1.165) is 10.0 Å². The highest BCUT2D eigenvalue weighted by molar-refractivity contribution is 9.10. The maximum absolute atomic E-state index is 12.0. The molecule has 21 heavy (non-hydrogen) atoms. The van der Waals surface area contributed by atoms with E-state index in [9.17, 15) is 13.2 Å². The maximum atomic E-state index is 12.0. The molecule has 4 nitrogen and oxygen atoms in total. The van der Waals surface area contributed by atoms with Crippen LogP contribution in [0.5, 0.6) is 0 Å². The number of amides is 1. The van der Waals surface area contributed by atoms with Crippen molar-refractivity contribution >= 4 is 37.9 Å². The summed E-state index contributed by atoms with van der Waals surface area (Å²) in [5, 5.41) is 0. The number of rotatable bonds is 4. The van der Waals surface area contributed by atoms with Crippen molar-refractivity contribution < 1.29 is 13.2 Å². The molecule has 0 fully saturated rings. The van der Waals surface area contributed by atoms with Crippen molar-refractivity contribution in [3.05, 3.63) is 70.7 Å². The van der Waals surface area contributed by atoms with E-state index < -0.39 is 15.9 Å². The van der Waals surface area contributed by atoms with Gasteiger partial charge in [-0.1, -0.05) is 46.3 Å². The first kappa shape index (κ1) is 15.5. The second-order valence-corrected chi connectivity index (χ2v) is 6.77. The molecule has 0 bridgehead atoms. The standard InChI is InChI=1S/C15H12BrNO3S/c16-13-7-9-14(10-8-13)21(19,20)17-15(18)11-6-12-4-2-1-3-5-12/h1-11H,(H,17,18)/b11-6+. The average Bonchev–Trinajstić information content (AvgIpc) is 2.46. The predicted octanol–water partition coefficient (Wildman–Crippen LogP) is 2.97. The van der Waals surface area contributed by atoms with Crippen LogP contribution in [0.1, 0.15) is 5.56 Å². The maximum Gasteiger partial charge on any atom is 0.264 e. The van der Waals surface area contributed by atoms with Gasteiger partial charge in [-0.15, -0.1) is 0 Å². The fourth-order valence-electron chi connectivity index (χ4n) is 1.58. The molecule has 2 rings (SSSR count). The lowest BCUT2D eigenvalue weighted by Crippen LogP contribution is -2.28. The summed E-state index contributed by atoms with van der Waals surface area (Å²) in [6.45, 7) is 0. The molecule has 0 unspecified atom stereocenters. The molecule has 0 aliphatic rings. The summed E-state index contributed by atoms with van der Waals surface area (Å²) in [6, 6.07) is 15.2. The zero-order chi connectivity index (χ0) is 15.3. The van der Waals surface area contributed by atoms with Gasteiger partial charge in [-0.2, -0.15) is 0 Å². The van der Waals surface area contributed by atoms with E-state index in [0.29, 0.717) is 0 Å². The van der Waals surface area contributed by atoms with Crippen molar-refractivity contribution in [1.29, 1.82) is 0 Å². The summed E-state index contributed by atoms with van der Waals surface area (Å²) in [5.74, 6) is -0.693. The topological polar surface area (TPSA) is 63.2 Å². The lowest BCUT2D eigenvalue weighted by molar-refractivity contribution is -0.114. The monoisotopic (exact) mass is 365 g/mol. The summed E-state index contributed by atoms with van der Waals surface area (Å²) in [4.78, 5) is 11.7. The Morgan fingerprint density at radius 3 is 2.24 bits per heavy atom. The highest BCUT2D eigenvalue weighted by Crippen LogP contribution is 2.14. The smallest absolute Gasteiger partial charge is 0.264 e. The van der Waals surface area contributed by atoms with Gasteiger partial charge in [0.1, 0.15) is 0 Å². The fraction of sp³-hybridized carbons (Fsp3) is 0. The number of sulfonamides is 1. The third-order valence-electron chi connectivity index (χ3n) is 2.59. The summed E-state index contributed by atoms with van der Waals surface area (Å²) in [7, 11) is -3.85. The van der Waals surface area contributed by atoms with Crippen molar-refractivity contribution in [3.8, 4) is 0 Å². The molecule has 0 heterocycles. The predicted molar refractivity (Wildman–Crippen MR) is 84.9 cm³/mol. The van der Waals surface area contributed by atoms with E-state index >= 15 is 0 Å². The first-order chi connectivity index (χ1) is 9.97. The van der Waals surface area contributed by atoms with Gasteiger partial charge in [-0.05, 0) is 35.9 Å². The van der Waals surface area contributed by atoms with Gasteiger partial charge >= 0.3 is 0 Å². The van der Waals surface area contributed by atoms with Crippen LogP contribution < -0.4 is 4.72 Å². The van der Waals surface area contributed by atoms with Crippen molar-refractivity contribution in [2.45, 2.75) is 4.90 Å². The van der Waals surface area contributed by atoms with Crippen molar-refractivity contribution in [2.24, 2.45) is 0 Å². The summed E-state index contributed by atoms with van der Waals surface area (Å²) in [6.07, 6.45) is 2.73. The van der Waals surface area contributed by atoms with Gasteiger partial charge in [0.15, 0.2) is 0 Å². The molecule has 0 spiro atoms. The van der Waals surface area contributed by atoms with Crippen LogP contribution in [0.4, 0.5) is 0 Å². The number of carbonyl (C=O) groups is 1. The molecule has 0 radical (unpaired) electrons.